The van der Waals surface area contributed by atoms with Crippen LogP contribution in [0.4, 0.5) is 17.3 Å². The van der Waals surface area contributed by atoms with Crippen LogP contribution in [0, 0.1) is 0 Å². The predicted octanol–water partition coefficient (Wildman–Crippen LogP) is 1.43. The molecule has 0 aliphatic carbocycles. The van der Waals surface area contributed by atoms with Crippen molar-refractivity contribution >= 4 is 7.25 Å². The van der Waals surface area contributed by atoms with Gasteiger partial charge in [-0.3, -0.25) is 0 Å². The molecule has 1 atom stereocenters. The monoisotopic (exact) mass is 199 g/mol. The van der Waals surface area contributed by atoms with Gasteiger partial charge in [-0.1, -0.05) is 6.92 Å². The lowest BCUT2D eigenvalue weighted by Gasteiger charge is -1.96. The molecule has 1 aliphatic heterocycles. The lowest BCUT2D eigenvalue weighted by atomic mass is 10.3. The average molecular weight is 199 g/mol. The summed E-state index contributed by atoms with van der Waals surface area (Å²) < 4.78 is 39.0. The van der Waals surface area contributed by atoms with E-state index in [1.54, 1.807) is 6.20 Å². The van der Waals surface area contributed by atoms with Crippen molar-refractivity contribution in [2.45, 2.75) is 13.3 Å². The zero-order chi connectivity index (χ0) is 10.3. The van der Waals surface area contributed by atoms with Gasteiger partial charge >= 0.3 is 7.25 Å². The summed E-state index contributed by atoms with van der Waals surface area (Å²) >= 11 is 0. The molecule has 0 amide bonds. The normalized spacial score (nSPS) is 19.9. The maximum atomic E-state index is 9.75. The summed E-state index contributed by atoms with van der Waals surface area (Å²) in [6, 6.07) is 0. The van der Waals surface area contributed by atoms with Crippen molar-refractivity contribution < 1.29 is 22.3 Å². The van der Waals surface area contributed by atoms with Gasteiger partial charge in [-0.15, -0.1) is 5.11 Å². The van der Waals surface area contributed by atoms with Gasteiger partial charge in [0.25, 0.3) is 0 Å². The van der Waals surface area contributed by atoms with Gasteiger partial charge < -0.3 is 17.3 Å². The molecular formula is C5H10BF4N3. The SMILES string of the molecule is CCC[NH+]1C=CN=N1.F[B-](F)(F)F. The van der Waals surface area contributed by atoms with E-state index in [4.69, 9.17) is 0 Å². The molecule has 3 nitrogen and oxygen atoms in total. The molecule has 0 bridgehead atoms. The van der Waals surface area contributed by atoms with Gasteiger partial charge in [0.2, 0.25) is 0 Å². The summed E-state index contributed by atoms with van der Waals surface area (Å²) in [5.41, 5.74) is 0. The van der Waals surface area contributed by atoms with E-state index >= 15 is 0 Å². The minimum absolute atomic E-state index is 1.06. The Hall–Kier alpha value is -0.915. The van der Waals surface area contributed by atoms with Gasteiger partial charge in [-0.2, -0.15) is 5.01 Å². The fourth-order valence-electron chi connectivity index (χ4n) is 0.650. The number of nitrogens with zero attached hydrogens (tertiary/aromatic N) is 2. The summed E-state index contributed by atoms with van der Waals surface area (Å²) in [6.07, 6.45) is 4.83. The molecule has 0 aromatic carbocycles. The molecule has 0 saturated heterocycles. The van der Waals surface area contributed by atoms with Crippen LogP contribution in [0.3, 0.4) is 0 Å². The smallest absolute Gasteiger partial charge is 0.418 e. The first kappa shape index (κ1) is 12.1. The van der Waals surface area contributed by atoms with Crippen molar-refractivity contribution in [1.82, 2.24) is 0 Å². The summed E-state index contributed by atoms with van der Waals surface area (Å²) in [6.45, 7) is 3.19. The van der Waals surface area contributed by atoms with Crippen LogP contribution in [0.15, 0.2) is 22.7 Å². The third-order valence-corrected chi connectivity index (χ3v) is 1.03. The van der Waals surface area contributed by atoms with Crippen molar-refractivity contribution in [2.24, 2.45) is 10.3 Å². The van der Waals surface area contributed by atoms with E-state index in [-0.39, 0.29) is 0 Å². The Morgan fingerprint density at radius 2 is 1.85 bits per heavy atom. The van der Waals surface area contributed by atoms with E-state index < -0.39 is 7.25 Å². The van der Waals surface area contributed by atoms with Gasteiger partial charge in [0.15, 0.2) is 0 Å². The fraction of sp³-hybridized carbons (Fsp3) is 0.600. The Bertz CT molecular complexity index is 173. The summed E-state index contributed by atoms with van der Waals surface area (Å²) in [5.74, 6) is 0. The van der Waals surface area contributed by atoms with Crippen LogP contribution in [0.2, 0.25) is 0 Å². The third kappa shape index (κ3) is 11.1. The Balaban J connectivity index is 0.000000252. The molecule has 0 aromatic rings. The van der Waals surface area contributed by atoms with E-state index in [2.05, 4.69) is 17.3 Å². The second kappa shape index (κ2) is 5.68. The number of hydrogen-bond donors (Lipinski definition) is 1. The number of nitrogens with one attached hydrogen (secondary N) is 1. The van der Waals surface area contributed by atoms with Crippen LogP contribution < -0.4 is 5.01 Å². The Kier molecular flexibility index (Phi) is 5.28. The van der Waals surface area contributed by atoms with E-state index in [0.717, 1.165) is 18.0 Å². The van der Waals surface area contributed by atoms with Crippen LogP contribution in [-0.2, 0) is 0 Å². The number of quaternary nitrogens is 1. The third-order valence-electron chi connectivity index (χ3n) is 1.03. The van der Waals surface area contributed by atoms with E-state index in [1.165, 1.54) is 0 Å². The zero-order valence-electron chi connectivity index (χ0n) is 7.05. The van der Waals surface area contributed by atoms with Crippen molar-refractivity contribution in [3.63, 3.8) is 0 Å². The largest absolute Gasteiger partial charge is 0.673 e. The van der Waals surface area contributed by atoms with E-state index in [1.807, 2.05) is 6.20 Å². The molecule has 76 valence electrons. The Labute approximate surface area is 73.2 Å². The summed E-state index contributed by atoms with van der Waals surface area (Å²) in [4.78, 5) is 0. The standard InChI is InChI=1S/C5H9N3.BF4/c1-2-4-8-5-3-6-7-8;2-1(3,4)5/h3,5H,2,4H2,1H3;/q;-1/p+1. The van der Waals surface area contributed by atoms with Gasteiger partial charge in [-0.05, 0) is 6.42 Å². The molecule has 0 radical (unpaired) electrons. The maximum Gasteiger partial charge on any atom is 0.673 e. The van der Waals surface area contributed by atoms with Crippen molar-refractivity contribution in [3.8, 4) is 0 Å². The van der Waals surface area contributed by atoms with Gasteiger partial charge in [0.1, 0.15) is 18.9 Å². The molecule has 0 saturated carbocycles. The van der Waals surface area contributed by atoms with Crippen LogP contribution >= 0.6 is 0 Å². The molecule has 0 fully saturated rings. The maximum absolute atomic E-state index is 9.75. The zero-order valence-corrected chi connectivity index (χ0v) is 7.05. The molecule has 1 unspecified atom stereocenters. The minimum Gasteiger partial charge on any atom is -0.418 e. The van der Waals surface area contributed by atoms with Gasteiger partial charge in [0, 0.05) is 5.22 Å². The first-order valence-corrected chi connectivity index (χ1v) is 3.74. The molecule has 1 N–H and O–H groups in total. The summed E-state index contributed by atoms with van der Waals surface area (Å²) in [5, 5.41) is 8.65. The van der Waals surface area contributed by atoms with Crippen LogP contribution in [-0.4, -0.2) is 13.8 Å². The number of hydrogen-bond acceptors (Lipinski definition) is 2. The first-order chi connectivity index (χ1) is 5.93. The molecule has 0 spiro atoms. The topological polar surface area (TPSA) is 29.2 Å². The highest BCUT2D eigenvalue weighted by Gasteiger charge is 2.20. The van der Waals surface area contributed by atoms with Gasteiger partial charge in [-0.25, -0.2) is 0 Å². The predicted molar refractivity (Wildman–Crippen MR) is 40.3 cm³/mol. The number of halogens is 4. The molecule has 1 aliphatic rings. The Morgan fingerprint density at radius 1 is 1.31 bits per heavy atom. The number of rotatable bonds is 2. The highest BCUT2D eigenvalue weighted by molar-refractivity contribution is 6.50. The first-order valence-electron chi connectivity index (χ1n) is 3.74. The fourth-order valence-corrected chi connectivity index (χ4v) is 0.650. The van der Waals surface area contributed by atoms with E-state index in [0.29, 0.717) is 0 Å². The van der Waals surface area contributed by atoms with E-state index in [9.17, 15) is 17.3 Å². The highest BCUT2D eigenvalue weighted by Crippen LogP contribution is 2.06. The molecule has 1 heterocycles. The Morgan fingerprint density at radius 3 is 2.15 bits per heavy atom. The quantitative estimate of drug-likeness (QED) is 0.514. The second-order valence-electron chi connectivity index (χ2n) is 2.27. The lowest BCUT2D eigenvalue weighted by molar-refractivity contribution is -0.855. The highest BCUT2D eigenvalue weighted by atomic mass is 19.5. The second-order valence-corrected chi connectivity index (χ2v) is 2.27. The average Bonchev–Trinajstić information content (AvgIpc) is 2.36. The van der Waals surface area contributed by atoms with Crippen LogP contribution in [0.1, 0.15) is 13.3 Å². The van der Waals surface area contributed by atoms with Crippen LogP contribution in [0.25, 0.3) is 0 Å². The molecular weight excluding hydrogens is 189 g/mol. The van der Waals surface area contributed by atoms with Gasteiger partial charge in [0.05, 0.1) is 0 Å². The molecule has 0 aromatic heterocycles. The lowest BCUT2D eigenvalue weighted by Crippen LogP contribution is -3.01. The minimum atomic E-state index is -6.00. The van der Waals surface area contributed by atoms with Crippen molar-refractivity contribution in [2.75, 3.05) is 6.54 Å². The van der Waals surface area contributed by atoms with Crippen molar-refractivity contribution in [1.29, 1.82) is 0 Å². The van der Waals surface area contributed by atoms with Crippen LogP contribution in [0.5, 0.6) is 0 Å². The molecule has 1 rings (SSSR count). The summed E-state index contributed by atoms with van der Waals surface area (Å²) in [7, 11) is -6.00. The molecule has 13 heavy (non-hydrogen) atoms. The van der Waals surface area contributed by atoms with Crippen molar-refractivity contribution in [3.05, 3.63) is 12.4 Å². The molecule has 8 heteroatoms.